The highest BCUT2D eigenvalue weighted by Crippen LogP contribution is 2.21. The lowest BCUT2D eigenvalue weighted by Crippen LogP contribution is -2.18. The minimum Gasteiger partial charge on any atom is -0.398 e. The molecule has 0 radical (unpaired) electrons. The minimum absolute atomic E-state index is 0.171. The highest BCUT2D eigenvalue weighted by atomic mass is 14.6. The van der Waals surface area contributed by atoms with Crippen molar-refractivity contribution >= 4 is 5.69 Å². The van der Waals surface area contributed by atoms with Gasteiger partial charge in [0.05, 0.1) is 0 Å². The Morgan fingerprint density at radius 1 is 1.31 bits per heavy atom. The van der Waals surface area contributed by atoms with Crippen molar-refractivity contribution < 1.29 is 0 Å². The van der Waals surface area contributed by atoms with E-state index in [1.54, 1.807) is 0 Å². The molecule has 0 bridgehead atoms. The fourth-order valence-corrected chi connectivity index (χ4v) is 1.42. The molecule has 0 fully saturated rings. The molecule has 0 saturated carbocycles. The quantitative estimate of drug-likeness (QED) is 0.678. The van der Waals surface area contributed by atoms with Crippen molar-refractivity contribution in [2.75, 3.05) is 5.73 Å². The molecule has 0 saturated heterocycles. The average molecular weight is 178 g/mol. The number of aryl methyl sites for hydroxylation is 1. The topological polar surface area (TPSA) is 52.0 Å². The number of rotatable bonds is 2. The van der Waals surface area contributed by atoms with Crippen molar-refractivity contribution in [2.24, 2.45) is 5.73 Å². The van der Waals surface area contributed by atoms with E-state index in [0.717, 1.165) is 17.7 Å². The molecule has 0 spiro atoms. The minimum atomic E-state index is 0.171. The van der Waals surface area contributed by atoms with Crippen LogP contribution in [0.25, 0.3) is 0 Å². The van der Waals surface area contributed by atoms with Crippen molar-refractivity contribution in [3.05, 3.63) is 28.8 Å². The molecule has 1 aromatic rings. The van der Waals surface area contributed by atoms with Gasteiger partial charge in [0.1, 0.15) is 0 Å². The highest BCUT2D eigenvalue weighted by molar-refractivity contribution is 5.56. The summed E-state index contributed by atoms with van der Waals surface area (Å²) in [5, 5.41) is 0. The van der Waals surface area contributed by atoms with E-state index in [0.29, 0.717) is 0 Å². The van der Waals surface area contributed by atoms with Gasteiger partial charge in [-0.3, -0.25) is 0 Å². The lowest BCUT2D eigenvalue weighted by Gasteiger charge is -2.12. The van der Waals surface area contributed by atoms with Crippen LogP contribution in [0, 0.1) is 13.8 Å². The smallest absolute Gasteiger partial charge is 0.0379 e. The van der Waals surface area contributed by atoms with Crippen LogP contribution in [0.1, 0.15) is 23.6 Å². The van der Waals surface area contributed by atoms with Gasteiger partial charge in [-0.2, -0.15) is 0 Å². The molecular weight excluding hydrogens is 160 g/mol. The molecule has 4 N–H and O–H groups in total. The van der Waals surface area contributed by atoms with Crippen LogP contribution in [0.15, 0.2) is 12.1 Å². The lowest BCUT2D eigenvalue weighted by molar-refractivity contribution is 0.739. The van der Waals surface area contributed by atoms with Crippen LogP contribution in [-0.2, 0) is 6.42 Å². The van der Waals surface area contributed by atoms with E-state index < -0.39 is 0 Å². The maximum atomic E-state index is 5.98. The van der Waals surface area contributed by atoms with Crippen LogP contribution in [0.4, 0.5) is 5.69 Å². The summed E-state index contributed by atoms with van der Waals surface area (Å²) < 4.78 is 0. The van der Waals surface area contributed by atoms with Crippen LogP contribution in [0.3, 0.4) is 0 Å². The maximum absolute atomic E-state index is 5.98. The number of nitrogens with two attached hydrogens (primary N) is 2. The molecule has 2 nitrogen and oxygen atoms in total. The number of nitrogen functional groups attached to an aromatic ring is 1. The normalized spacial score (nSPS) is 12.9. The molecule has 0 aliphatic heterocycles. The lowest BCUT2D eigenvalue weighted by atomic mass is 9.99. The van der Waals surface area contributed by atoms with Gasteiger partial charge < -0.3 is 11.5 Å². The first kappa shape index (κ1) is 10.1. The molecule has 0 aromatic heterocycles. The van der Waals surface area contributed by atoms with Crippen molar-refractivity contribution in [3.8, 4) is 0 Å². The van der Waals surface area contributed by atoms with Gasteiger partial charge >= 0.3 is 0 Å². The Morgan fingerprint density at radius 3 is 2.46 bits per heavy atom. The van der Waals surface area contributed by atoms with Gasteiger partial charge in [-0.25, -0.2) is 0 Å². The fourth-order valence-electron chi connectivity index (χ4n) is 1.42. The SMILES string of the molecule is Cc1ccc(CC(C)N)c(N)c1C. The summed E-state index contributed by atoms with van der Waals surface area (Å²) in [6, 6.07) is 4.34. The second-order valence-electron chi connectivity index (χ2n) is 3.76. The predicted octanol–water partition coefficient (Wildman–Crippen LogP) is 1.78. The van der Waals surface area contributed by atoms with Crippen molar-refractivity contribution in [1.82, 2.24) is 0 Å². The molecule has 1 rings (SSSR count). The van der Waals surface area contributed by atoms with E-state index in [1.807, 2.05) is 6.92 Å². The van der Waals surface area contributed by atoms with Crippen LogP contribution in [-0.4, -0.2) is 6.04 Å². The zero-order valence-corrected chi connectivity index (χ0v) is 8.59. The third kappa shape index (κ3) is 2.22. The summed E-state index contributed by atoms with van der Waals surface area (Å²) in [5.74, 6) is 0. The molecule has 72 valence electrons. The van der Waals surface area contributed by atoms with Gasteiger partial charge in [-0.05, 0) is 43.9 Å². The molecule has 0 amide bonds. The molecule has 13 heavy (non-hydrogen) atoms. The number of hydrogen-bond acceptors (Lipinski definition) is 2. The predicted molar refractivity (Wildman–Crippen MR) is 57.7 cm³/mol. The van der Waals surface area contributed by atoms with Crippen molar-refractivity contribution in [1.29, 1.82) is 0 Å². The third-order valence-corrected chi connectivity index (χ3v) is 2.42. The molecular formula is C11H18N2. The molecule has 0 aliphatic carbocycles. The second kappa shape index (κ2) is 3.79. The molecule has 1 atom stereocenters. The Labute approximate surface area is 79.9 Å². The monoisotopic (exact) mass is 178 g/mol. The number of anilines is 1. The summed E-state index contributed by atoms with van der Waals surface area (Å²) in [4.78, 5) is 0. The Bertz CT molecular complexity index is 303. The van der Waals surface area contributed by atoms with E-state index in [2.05, 4.69) is 26.0 Å². The summed E-state index contributed by atoms with van der Waals surface area (Å²) in [6.07, 6.45) is 0.854. The third-order valence-electron chi connectivity index (χ3n) is 2.42. The average Bonchev–Trinajstić information content (AvgIpc) is 2.06. The fraction of sp³-hybridized carbons (Fsp3) is 0.455. The highest BCUT2D eigenvalue weighted by Gasteiger charge is 2.05. The van der Waals surface area contributed by atoms with E-state index in [-0.39, 0.29) is 6.04 Å². The van der Waals surface area contributed by atoms with Gasteiger partial charge in [0, 0.05) is 11.7 Å². The zero-order valence-electron chi connectivity index (χ0n) is 8.59. The molecule has 0 aliphatic rings. The first-order valence-corrected chi connectivity index (χ1v) is 4.62. The Hall–Kier alpha value is -1.02. The van der Waals surface area contributed by atoms with Crippen LogP contribution >= 0.6 is 0 Å². The molecule has 1 unspecified atom stereocenters. The second-order valence-corrected chi connectivity index (χ2v) is 3.76. The van der Waals surface area contributed by atoms with Gasteiger partial charge in [-0.1, -0.05) is 12.1 Å². The standard InChI is InChI=1S/C11H18N2/c1-7-4-5-10(6-8(2)12)11(13)9(7)3/h4-5,8H,6,12-13H2,1-3H3. The van der Waals surface area contributed by atoms with Gasteiger partial charge in [-0.15, -0.1) is 0 Å². The largest absolute Gasteiger partial charge is 0.398 e. The molecule has 2 heteroatoms. The van der Waals surface area contributed by atoms with Crippen molar-refractivity contribution in [2.45, 2.75) is 33.2 Å². The van der Waals surface area contributed by atoms with Crippen LogP contribution < -0.4 is 11.5 Å². The number of benzene rings is 1. The van der Waals surface area contributed by atoms with Crippen LogP contribution in [0.2, 0.25) is 0 Å². The zero-order chi connectivity index (χ0) is 10.0. The Morgan fingerprint density at radius 2 is 1.92 bits per heavy atom. The van der Waals surface area contributed by atoms with Gasteiger partial charge in [0.25, 0.3) is 0 Å². The molecule has 0 heterocycles. The van der Waals surface area contributed by atoms with Gasteiger partial charge in [0.2, 0.25) is 0 Å². The maximum Gasteiger partial charge on any atom is 0.0379 e. The first-order chi connectivity index (χ1) is 6.02. The van der Waals surface area contributed by atoms with Crippen molar-refractivity contribution in [3.63, 3.8) is 0 Å². The van der Waals surface area contributed by atoms with E-state index in [4.69, 9.17) is 11.5 Å². The van der Waals surface area contributed by atoms with E-state index in [1.165, 1.54) is 11.1 Å². The summed E-state index contributed by atoms with van der Waals surface area (Å²) in [5.41, 5.74) is 16.2. The Balaban J connectivity index is 3.04. The Kier molecular flexibility index (Phi) is 2.94. The summed E-state index contributed by atoms with van der Waals surface area (Å²) in [6.45, 7) is 6.12. The van der Waals surface area contributed by atoms with E-state index >= 15 is 0 Å². The summed E-state index contributed by atoms with van der Waals surface area (Å²) in [7, 11) is 0. The summed E-state index contributed by atoms with van der Waals surface area (Å²) >= 11 is 0. The number of hydrogen-bond donors (Lipinski definition) is 2. The first-order valence-electron chi connectivity index (χ1n) is 4.62. The van der Waals surface area contributed by atoms with E-state index in [9.17, 15) is 0 Å². The van der Waals surface area contributed by atoms with Crippen LogP contribution in [0.5, 0.6) is 0 Å². The molecule has 1 aromatic carbocycles. The van der Waals surface area contributed by atoms with Gasteiger partial charge in [0.15, 0.2) is 0 Å².